The number of rotatable bonds is 5. The van der Waals surface area contributed by atoms with Crippen LogP contribution in [-0.4, -0.2) is 19.6 Å². The molecule has 1 aromatic rings. The lowest BCUT2D eigenvalue weighted by molar-refractivity contribution is -0.123. The third-order valence-corrected chi connectivity index (χ3v) is 2.64. The van der Waals surface area contributed by atoms with Crippen LogP contribution in [0.5, 0.6) is 5.75 Å². The second kappa shape index (κ2) is 6.25. The monoisotopic (exact) mass is 236 g/mol. The fourth-order valence-corrected chi connectivity index (χ4v) is 1.64. The Bertz CT molecular complexity index is 391. The number of hydrazine groups is 1. The van der Waals surface area contributed by atoms with Gasteiger partial charge >= 0.3 is 0 Å². The van der Waals surface area contributed by atoms with Gasteiger partial charge in [-0.25, -0.2) is 5.43 Å². The van der Waals surface area contributed by atoms with Gasteiger partial charge in [-0.2, -0.15) is 0 Å². The molecule has 0 bridgehead atoms. The lowest BCUT2D eigenvalue weighted by atomic mass is 9.98. The molecule has 17 heavy (non-hydrogen) atoms. The zero-order chi connectivity index (χ0) is 12.8. The van der Waals surface area contributed by atoms with Gasteiger partial charge in [0, 0.05) is 7.05 Å². The average Bonchev–Trinajstić information content (AvgIpc) is 2.31. The van der Waals surface area contributed by atoms with E-state index in [-0.39, 0.29) is 11.8 Å². The second-order valence-corrected chi connectivity index (χ2v) is 3.92. The molecule has 0 spiro atoms. The van der Waals surface area contributed by atoms with Crippen LogP contribution in [0.15, 0.2) is 18.2 Å². The third-order valence-electron chi connectivity index (χ3n) is 2.64. The summed E-state index contributed by atoms with van der Waals surface area (Å²) in [7, 11) is 1.67. The summed E-state index contributed by atoms with van der Waals surface area (Å²) in [5.41, 5.74) is 7.26. The Morgan fingerprint density at radius 3 is 2.71 bits per heavy atom. The molecule has 1 amide bonds. The maximum Gasteiger partial charge on any atom is 0.241 e. The SMILES string of the molecule is CCOc1ccc(C(C)C(=O)NNC)cc1C. The van der Waals surface area contributed by atoms with Crippen LogP contribution < -0.4 is 15.6 Å². The Kier molecular flexibility index (Phi) is 4.97. The van der Waals surface area contributed by atoms with Crippen molar-refractivity contribution in [2.24, 2.45) is 0 Å². The first kappa shape index (κ1) is 13.5. The number of hydrogen-bond acceptors (Lipinski definition) is 3. The van der Waals surface area contributed by atoms with E-state index in [1.54, 1.807) is 7.05 Å². The third kappa shape index (κ3) is 3.46. The summed E-state index contributed by atoms with van der Waals surface area (Å²) in [4.78, 5) is 11.7. The van der Waals surface area contributed by atoms with Crippen molar-refractivity contribution in [2.45, 2.75) is 26.7 Å². The molecule has 4 nitrogen and oxygen atoms in total. The smallest absolute Gasteiger partial charge is 0.241 e. The number of carbonyl (C=O) groups is 1. The van der Waals surface area contributed by atoms with Gasteiger partial charge in [-0.3, -0.25) is 10.2 Å². The summed E-state index contributed by atoms with van der Waals surface area (Å²) in [6, 6.07) is 5.83. The minimum absolute atomic E-state index is 0.0453. The van der Waals surface area contributed by atoms with Gasteiger partial charge in [-0.1, -0.05) is 12.1 Å². The van der Waals surface area contributed by atoms with E-state index in [4.69, 9.17) is 4.74 Å². The van der Waals surface area contributed by atoms with Gasteiger partial charge in [0.1, 0.15) is 5.75 Å². The van der Waals surface area contributed by atoms with Gasteiger partial charge in [-0.15, -0.1) is 0 Å². The van der Waals surface area contributed by atoms with E-state index in [1.807, 2.05) is 39.0 Å². The van der Waals surface area contributed by atoms with E-state index >= 15 is 0 Å². The Morgan fingerprint density at radius 2 is 2.18 bits per heavy atom. The van der Waals surface area contributed by atoms with Crippen LogP contribution in [0.3, 0.4) is 0 Å². The highest BCUT2D eigenvalue weighted by atomic mass is 16.5. The maximum absolute atomic E-state index is 11.7. The van der Waals surface area contributed by atoms with Crippen molar-refractivity contribution in [1.82, 2.24) is 10.9 Å². The van der Waals surface area contributed by atoms with E-state index in [0.29, 0.717) is 6.61 Å². The molecule has 0 heterocycles. The quantitative estimate of drug-likeness (QED) is 0.766. The van der Waals surface area contributed by atoms with E-state index in [9.17, 15) is 4.79 Å². The van der Waals surface area contributed by atoms with Crippen molar-refractivity contribution in [3.05, 3.63) is 29.3 Å². The number of carbonyl (C=O) groups excluding carboxylic acids is 1. The van der Waals surface area contributed by atoms with Crippen LogP contribution in [0, 0.1) is 6.92 Å². The van der Waals surface area contributed by atoms with E-state index < -0.39 is 0 Å². The predicted octanol–water partition coefficient (Wildman–Crippen LogP) is 1.75. The molecule has 0 aliphatic rings. The number of amides is 1. The number of nitrogens with one attached hydrogen (secondary N) is 2. The van der Waals surface area contributed by atoms with Crippen LogP contribution in [0.25, 0.3) is 0 Å². The minimum atomic E-state index is -0.183. The summed E-state index contributed by atoms with van der Waals surface area (Å²) in [6.45, 7) is 6.46. The summed E-state index contributed by atoms with van der Waals surface area (Å²) < 4.78 is 5.47. The van der Waals surface area contributed by atoms with Crippen molar-refractivity contribution >= 4 is 5.91 Å². The largest absolute Gasteiger partial charge is 0.494 e. The van der Waals surface area contributed by atoms with Crippen molar-refractivity contribution in [2.75, 3.05) is 13.7 Å². The van der Waals surface area contributed by atoms with Gasteiger partial charge in [-0.05, 0) is 38.0 Å². The lowest BCUT2D eigenvalue weighted by Crippen LogP contribution is -2.37. The molecule has 0 saturated carbocycles. The summed E-state index contributed by atoms with van der Waals surface area (Å²) in [5.74, 6) is 0.644. The zero-order valence-corrected chi connectivity index (χ0v) is 10.8. The summed E-state index contributed by atoms with van der Waals surface area (Å²) in [5, 5.41) is 0. The fraction of sp³-hybridized carbons (Fsp3) is 0.462. The Balaban J connectivity index is 2.85. The van der Waals surface area contributed by atoms with Crippen molar-refractivity contribution in [3.63, 3.8) is 0 Å². The van der Waals surface area contributed by atoms with Crippen LogP contribution in [0.2, 0.25) is 0 Å². The molecule has 1 atom stereocenters. The standard InChI is InChI=1S/C13H20N2O2/c1-5-17-12-7-6-11(8-9(12)2)10(3)13(16)15-14-4/h6-8,10,14H,5H2,1-4H3,(H,15,16). The van der Waals surface area contributed by atoms with Gasteiger partial charge in [0.25, 0.3) is 0 Å². The predicted molar refractivity (Wildman–Crippen MR) is 68.0 cm³/mol. The molecule has 0 aliphatic carbocycles. The molecular formula is C13H20N2O2. The number of ether oxygens (including phenoxy) is 1. The Hall–Kier alpha value is -1.55. The molecule has 94 valence electrons. The van der Waals surface area contributed by atoms with Crippen molar-refractivity contribution < 1.29 is 9.53 Å². The molecule has 2 N–H and O–H groups in total. The van der Waals surface area contributed by atoms with Crippen LogP contribution in [0.4, 0.5) is 0 Å². The first-order valence-corrected chi connectivity index (χ1v) is 5.80. The molecule has 0 radical (unpaired) electrons. The highest BCUT2D eigenvalue weighted by Gasteiger charge is 2.15. The van der Waals surface area contributed by atoms with Gasteiger partial charge in [0.15, 0.2) is 0 Å². The fourth-order valence-electron chi connectivity index (χ4n) is 1.64. The first-order chi connectivity index (χ1) is 8.10. The first-order valence-electron chi connectivity index (χ1n) is 5.80. The van der Waals surface area contributed by atoms with Gasteiger partial charge in [0.2, 0.25) is 5.91 Å². The average molecular weight is 236 g/mol. The summed E-state index contributed by atoms with van der Waals surface area (Å²) in [6.07, 6.45) is 0. The van der Waals surface area contributed by atoms with Crippen LogP contribution in [0.1, 0.15) is 30.9 Å². The molecule has 1 unspecified atom stereocenters. The topological polar surface area (TPSA) is 50.4 Å². The molecule has 0 saturated heterocycles. The van der Waals surface area contributed by atoms with Crippen molar-refractivity contribution in [3.8, 4) is 5.75 Å². The van der Waals surface area contributed by atoms with Crippen molar-refractivity contribution in [1.29, 1.82) is 0 Å². The Morgan fingerprint density at radius 1 is 1.47 bits per heavy atom. The summed E-state index contributed by atoms with van der Waals surface area (Å²) >= 11 is 0. The molecular weight excluding hydrogens is 216 g/mol. The van der Waals surface area contributed by atoms with Gasteiger partial charge in [0.05, 0.1) is 12.5 Å². The second-order valence-electron chi connectivity index (χ2n) is 3.92. The number of hydrogen-bond donors (Lipinski definition) is 2. The molecule has 4 heteroatoms. The van der Waals surface area contributed by atoms with E-state index in [2.05, 4.69) is 10.9 Å². The zero-order valence-electron chi connectivity index (χ0n) is 10.8. The molecule has 1 rings (SSSR count). The molecule has 0 fully saturated rings. The lowest BCUT2D eigenvalue weighted by Gasteiger charge is -2.14. The number of benzene rings is 1. The maximum atomic E-state index is 11.7. The Labute approximate surface area is 102 Å². The van der Waals surface area contributed by atoms with Crippen LogP contribution in [-0.2, 0) is 4.79 Å². The van der Waals surface area contributed by atoms with E-state index in [0.717, 1.165) is 16.9 Å². The number of aryl methyl sites for hydroxylation is 1. The normalized spacial score (nSPS) is 12.0. The highest BCUT2D eigenvalue weighted by Crippen LogP contribution is 2.23. The molecule has 1 aromatic carbocycles. The molecule has 0 aromatic heterocycles. The van der Waals surface area contributed by atoms with Gasteiger partial charge < -0.3 is 4.74 Å². The van der Waals surface area contributed by atoms with E-state index in [1.165, 1.54) is 0 Å². The highest BCUT2D eigenvalue weighted by molar-refractivity contribution is 5.82. The minimum Gasteiger partial charge on any atom is -0.494 e. The molecule has 0 aliphatic heterocycles. The van der Waals surface area contributed by atoms with Crippen LogP contribution >= 0.6 is 0 Å².